The summed E-state index contributed by atoms with van der Waals surface area (Å²) in [4.78, 5) is 0. The molecule has 3 rings (SSSR count). The average molecular weight is 277 g/mol. The second kappa shape index (κ2) is 4.53. The van der Waals surface area contributed by atoms with Crippen LogP contribution in [0.5, 0.6) is 0 Å². The molecule has 0 aliphatic heterocycles. The van der Waals surface area contributed by atoms with E-state index < -0.39 is 0 Å². The van der Waals surface area contributed by atoms with E-state index in [4.69, 9.17) is 17.3 Å². The maximum absolute atomic E-state index is 6.21. The number of fused-ring (bicyclic) bond motifs is 1. The SMILES string of the molecule is Cc1c(C2(CN)CCCC2)c2cc(Cl)ccc2n1C. The van der Waals surface area contributed by atoms with E-state index in [1.807, 2.05) is 6.07 Å². The molecular formula is C16H21ClN2. The molecule has 1 saturated carbocycles. The molecule has 2 nitrogen and oxygen atoms in total. The van der Waals surface area contributed by atoms with Crippen LogP contribution in [0.4, 0.5) is 0 Å². The van der Waals surface area contributed by atoms with Crippen molar-refractivity contribution in [3.8, 4) is 0 Å². The van der Waals surface area contributed by atoms with Crippen molar-refractivity contribution in [3.63, 3.8) is 0 Å². The molecule has 1 aliphatic carbocycles. The normalized spacial score (nSPS) is 18.3. The van der Waals surface area contributed by atoms with Gasteiger partial charge in [0.25, 0.3) is 0 Å². The molecule has 1 aromatic heterocycles. The highest BCUT2D eigenvalue weighted by Gasteiger charge is 2.38. The highest BCUT2D eigenvalue weighted by molar-refractivity contribution is 6.31. The third-order valence-corrected chi connectivity index (χ3v) is 5.17. The van der Waals surface area contributed by atoms with Crippen molar-refractivity contribution < 1.29 is 0 Å². The van der Waals surface area contributed by atoms with Gasteiger partial charge in [-0.3, -0.25) is 0 Å². The molecule has 0 amide bonds. The van der Waals surface area contributed by atoms with Gasteiger partial charge in [-0.2, -0.15) is 0 Å². The molecule has 0 spiro atoms. The van der Waals surface area contributed by atoms with E-state index in [1.165, 1.54) is 47.8 Å². The van der Waals surface area contributed by atoms with E-state index in [1.54, 1.807) is 0 Å². The summed E-state index contributed by atoms with van der Waals surface area (Å²) in [5.74, 6) is 0. The average Bonchev–Trinajstić information content (AvgIpc) is 2.96. The van der Waals surface area contributed by atoms with Crippen molar-refractivity contribution in [2.75, 3.05) is 6.54 Å². The lowest BCUT2D eigenvalue weighted by Gasteiger charge is -2.28. The summed E-state index contributed by atoms with van der Waals surface area (Å²) in [6, 6.07) is 6.19. The third-order valence-electron chi connectivity index (χ3n) is 4.94. The second-order valence-corrected chi connectivity index (χ2v) is 6.31. The molecule has 1 fully saturated rings. The van der Waals surface area contributed by atoms with Gasteiger partial charge in [0, 0.05) is 40.6 Å². The Morgan fingerprint density at radius 2 is 2.00 bits per heavy atom. The van der Waals surface area contributed by atoms with Crippen LogP contribution in [0.15, 0.2) is 18.2 Å². The first-order valence-electron chi connectivity index (χ1n) is 7.04. The number of hydrogen-bond donors (Lipinski definition) is 1. The number of hydrogen-bond acceptors (Lipinski definition) is 1. The van der Waals surface area contributed by atoms with Gasteiger partial charge in [0.1, 0.15) is 0 Å². The summed E-state index contributed by atoms with van der Waals surface area (Å²) >= 11 is 6.21. The monoisotopic (exact) mass is 276 g/mol. The maximum Gasteiger partial charge on any atom is 0.0483 e. The number of benzene rings is 1. The fourth-order valence-electron chi connectivity index (χ4n) is 3.82. The molecule has 2 N–H and O–H groups in total. The predicted molar refractivity (Wildman–Crippen MR) is 81.9 cm³/mol. The van der Waals surface area contributed by atoms with E-state index in [0.717, 1.165) is 11.6 Å². The Labute approximate surface area is 119 Å². The lowest BCUT2D eigenvalue weighted by atomic mass is 9.77. The van der Waals surface area contributed by atoms with Crippen LogP contribution in [0.3, 0.4) is 0 Å². The molecule has 0 saturated heterocycles. The lowest BCUT2D eigenvalue weighted by Crippen LogP contribution is -2.32. The van der Waals surface area contributed by atoms with Gasteiger partial charge in [0.2, 0.25) is 0 Å². The van der Waals surface area contributed by atoms with Crippen LogP contribution in [-0.2, 0) is 12.5 Å². The first kappa shape index (κ1) is 13.0. The van der Waals surface area contributed by atoms with Crippen LogP contribution >= 0.6 is 11.6 Å². The predicted octanol–water partition coefficient (Wildman–Crippen LogP) is 3.91. The third kappa shape index (κ3) is 1.81. The van der Waals surface area contributed by atoms with Crippen LogP contribution < -0.4 is 5.73 Å². The highest BCUT2D eigenvalue weighted by Crippen LogP contribution is 2.45. The van der Waals surface area contributed by atoms with Crippen LogP contribution in [0.2, 0.25) is 5.02 Å². The van der Waals surface area contributed by atoms with Crippen molar-refractivity contribution in [2.45, 2.75) is 38.0 Å². The number of aromatic nitrogens is 1. The summed E-state index contributed by atoms with van der Waals surface area (Å²) in [7, 11) is 2.13. The van der Waals surface area contributed by atoms with Gasteiger partial charge in [-0.1, -0.05) is 24.4 Å². The molecule has 1 heterocycles. The first-order chi connectivity index (χ1) is 9.09. The molecule has 1 aliphatic rings. The van der Waals surface area contributed by atoms with Crippen molar-refractivity contribution >= 4 is 22.5 Å². The number of nitrogens with zero attached hydrogens (tertiary/aromatic N) is 1. The standard InChI is InChI=1S/C16H21ClN2/c1-11-15(16(10-18)7-3-4-8-16)13-9-12(17)5-6-14(13)19(11)2/h5-6,9H,3-4,7-8,10,18H2,1-2H3. The van der Waals surface area contributed by atoms with E-state index in [9.17, 15) is 0 Å². The van der Waals surface area contributed by atoms with Crippen molar-refractivity contribution in [1.29, 1.82) is 0 Å². The summed E-state index contributed by atoms with van der Waals surface area (Å²) < 4.78 is 2.27. The van der Waals surface area contributed by atoms with Crippen molar-refractivity contribution in [2.24, 2.45) is 12.8 Å². The smallest absolute Gasteiger partial charge is 0.0483 e. The van der Waals surface area contributed by atoms with Crippen LogP contribution in [-0.4, -0.2) is 11.1 Å². The zero-order valence-electron chi connectivity index (χ0n) is 11.7. The van der Waals surface area contributed by atoms with Crippen LogP contribution in [0.1, 0.15) is 36.9 Å². The molecule has 0 unspecified atom stereocenters. The maximum atomic E-state index is 6.21. The lowest BCUT2D eigenvalue weighted by molar-refractivity contribution is 0.453. The number of aryl methyl sites for hydroxylation is 1. The van der Waals surface area contributed by atoms with Crippen molar-refractivity contribution in [3.05, 3.63) is 34.5 Å². The summed E-state index contributed by atoms with van der Waals surface area (Å²) in [6.45, 7) is 2.94. The molecule has 1 aromatic carbocycles. The largest absolute Gasteiger partial charge is 0.348 e. The van der Waals surface area contributed by atoms with Gasteiger partial charge in [0.15, 0.2) is 0 Å². The first-order valence-corrected chi connectivity index (χ1v) is 7.42. The molecular weight excluding hydrogens is 256 g/mol. The van der Waals surface area contributed by atoms with Gasteiger partial charge in [0.05, 0.1) is 0 Å². The van der Waals surface area contributed by atoms with Crippen LogP contribution in [0.25, 0.3) is 10.9 Å². The minimum atomic E-state index is 0.161. The Morgan fingerprint density at radius 1 is 1.32 bits per heavy atom. The Bertz CT molecular complexity index is 621. The molecule has 0 atom stereocenters. The van der Waals surface area contributed by atoms with E-state index >= 15 is 0 Å². The Balaban J connectivity index is 2.33. The molecule has 0 radical (unpaired) electrons. The van der Waals surface area contributed by atoms with Gasteiger partial charge >= 0.3 is 0 Å². The van der Waals surface area contributed by atoms with E-state index in [-0.39, 0.29) is 5.41 Å². The number of rotatable bonds is 2. The molecule has 2 aromatic rings. The Kier molecular flexibility index (Phi) is 3.11. The van der Waals surface area contributed by atoms with Gasteiger partial charge < -0.3 is 10.3 Å². The minimum Gasteiger partial charge on any atom is -0.348 e. The van der Waals surface area contributed by atoms with E-state index in [2.05, 4.69) is 30.7 Å². The number of nitrogens with two attached hydrogens (primary N) is 1. The van der Waals surface area contributed by atoms with Gasteiger partial charge in [-0.05, 0) is 43.5 Å². The van der Waals surface area contributed by atoms with Gasteiger partial charge in [-0.15, -0.1) is 0 Å². The molecule has 0 bridgehead atoms. The highest BCUT2D eigenvalue weighted by atomic mass is 35.5. The fraction of sp³-hybridized carbons (Fsp3) is 0.500. The zero-order valence-corrected chi connectivity index (χ0v) is 12.4. The fourth-order valence-corrected chi connectivity index (χ4v) is 3.99. The second-order valence-electron chi connectivity index (χ2n) is 5.87. The summed E-state index contributed by atoms with van der Waals surface area (Å²) in [6.07, 6.45) is 4.98. The summed E-state index contributed by atoms with van der Waals surface area (Å²) in [5, 5.41) is 2.10. The zero-order chi connectivity index (χ0) is 13.6. The number of halogens is 1. The van der Waals surface area contributed by atoms with E-state index in [0.29, 0.717) is 0 Å². The van der Waals surface area contributed by atoms with Crippen molar-refractivity contribution in [1.82, 2.24) is 4.57 Å². The molecule has 3 heteroatoms. The Hall–Kier alpha value is -0.990. The molecule has 19 heavy (non-hydrogen) atoms. The molecule has 102 valence electrons. The quantitative estimate of drug-likeness (QED) is 0.886. The van der Waals surface area contributed by atoms with Gasteiger partial charge in [-0.25, -0.2) is 0 Å². The summed E-state index contributed by atoms with van der Waals surface area (Å²) in [5.41, 5.74) is 10.4. The Morgan fingerprint density at radius 3 is 2.63 bits per heavy atom. The topological polar surface area (TPSA) is 30.9 Å². The van der Waals surface area contributed by atoms with Crippen LogP contribution in [0, 0.1) is 6.92 Å². The minimum absolute atomic E-state index is 0.161.